The maximum Gasteiger partial charge on any atom is 0.270 e. The average Bonchev–Trinajstić information content (AvgIpc) is 2.67. The third kappa shape index (κ3) is 5.20. The lowest BCUT2D eigenvalue weighted by Crippen LogP contribution is -2.29. The van der Waals surface area contributed by atoms with Gasteiger partial charge in [-0.25, -0.2) is 4.68 Å². The molecule has 0 atom stereocenters. The Morgan fingerprint density at radius 3 is 2.67 bits per heavy atom. The number of aromatic nitrogens is 2. The molecular weight excluding hydrogens is 406 g/mol. The number of nitrogens with one attached hydrogen (secondary N) is 1. The average molecular weight is 428 g/mol. The van der Waals surface area contributed by atoms with Gasteiger partial charge in [0.05, 0.1) is 19.3 Å². The van der Waals surface area contributed by atoms with Crippen molar-refractivity contribution in [3.63, 3.8) is 0 Å². The van der Waals surface area contributed by atoms with E-state index in [0.29, 0.717) is 19.5 Å². The van der Waals surface area contributed by atoms with Gasteiger partial charge in [-0.1, -0.05) is 28.1 Å². The highest BCUT2D eigenvalue weighted by atomic mass is 79.9. The SMILES string of the molecule is COc1cccc(Cc2cc(C)nn(CCNc3ccc(Br)cc3)c2=O)c1. The first-order chi connectivity index (χ1) is 13.0. The van der Waals surface area contributed by atoms with Crippen molar-refractivity contribution < 1.29 is 4.74 Å². The smallest absolute Gasteiger partial charge is 0.270 e. The fraction of sp³-hybridized carbons (Fsp3) is 0.238. The van der Waals surface area contributed by atoms with Crippen LogP contribution in [0.3, 0.4) is 0 Å². The van der Waals surface area contributed by atoms with E-state index in [1.54, 1.807) is 7.11 Å². The van der Waals surface area contributed by atoms with E-state index in [0.717, 1.165) is 32.7 Å². The van der Waals surface area contributed by atoms with Crippen molar-refractivity contribution in [1.29, 1.82) is 0 Å². The van der Waals surface area contributed by atoms with Crippen molar-refractivity contribution in [2.24, 2.45) is 0 Å². The molecule has 0 radical (unpaired) electrons. The monoisotopic (exact) mass is 427 g/mol. The van der Waals surface area contributed by atoms with Crippen molar-refractivity contribution in [1.82, 2.24) is 9.78 Å². The van der Waals surface area contributed by atoms with Crippen LogP contribution in [0.5, 0.6) is 5.75 Å². The Bertz CT molecular complexity index is 968. The molecule has 2 aromatic carbocycles. The van der Waals surface area contributed by atoms with E-state index >= 15 is 0 Å². The highest BCUT2D eigenvalue weighted by Crippen LogP contribution is 2.15. The first-order valence-electron chi connectivity index (χ1n) is 8.75. The zero-order valence-electron chi connectivity index (χ0n) is 15.4. The lowest BCUT2D eigenvalue weighted by Gasteiger charge is -2.11. The zero-order valence-corrected chi connectivity index (χ0v) is 17.0. The van der Waals surface area contributed by atoms with Crippen molar-refractivity contribution in [2.45, 2.75) is 19.9 Å². The van der Waals surface area contributed by atoms with Crippen molar-refractivity contribution in [3.05, 3.63) is 86.2 Å². The molecule has 0 aliphatic rings. The minimum atomic E-state index is -0.0546. The Labute approximate surface area is 167 Å². The molecule has 1 aromatic heterocycles. The van der Waals surface area contributed by atoms with Crippen molar-refractivity contribution in [2.75, 3.05) is 19.0 Å². The van der Waals surface area contributed by atoms with E-state index in [4.69, 9.17) is 4.74 Å². The predicted molar refractivity (Wildman–Crippen MR) is 112 cm³/mol. The van der Waals surface area contributed by atoms with Gasteiger partial charge in [0.1, 0.15) is 5.75 Å². The summed E-state index contributed by atoms with van der Waals surface area (Å²) in [5, 5.41) is 7.70. The molecule has 0 amide bonds. The lowest BCUT2D eigenvalue weighted by atomic mass is 10.1. The van der Waals surface area contributed by atoms with Crippen LogP contribution in [-0.2, 0) is 13.0 Å². The minimum Gasteiger partial charge on any atom is -0.497 e. The van der Waals surface area contributed by atoms with Gasteiger partial charge in [-0.05, 0) is 55.0 Å². The van der Waals surface area contributed by atoms with Crippen LogP contribution < -0.4 is 15.6 Å². The van der Waals surface area contributed by atoms with Crippen molar-refractivity contribution in [3.8, 4) is 5.75 Å². The molecule has 1 heterocycles. The predicted octanol–water partition coefficient (Wildman–Crippen LogP) is 4.03. The molecule has 0 aliphatic carbocycles. The maximum atomic E-state index is 12.8. The van der Waals surface area contributed by atoms with Crippen LogP contribution >= 0.6 is 15.9 Å². The number of benzene rings is 2. The van der Waals surface area contributed by atoms with E-state index in [1.807, 2.05) is 61.5 Å². The Hall–Kier alpha value is -2.60. The lowest BCUT2D eigenvalue weighted by molar-refractivity contribution is 0.414. The summed E-state index contributed by atoms with van der Waals surface area (Å²) < 4.78 is 7.84. The molecule has 0 saturated heterocycles. The Morgan fingerprint density at radius 2 is 1.93 bits per heavy atom. The summed E-state index contributed by atoms with van der Waals surface area (Å²) in [6.07, 6.45) is 0.555. The summed E-state index contributed by atoms with van der Waals surface area (Å²) in [5.41, 5.74) is 3.56. The van der Waals surface area contributed by atoms with Crippen LogP contribution in [0, 0.1) is 6.92 Å². The van der Waals surface area contributed by atoms with Gasteiger partial charge in [0, 0.05) is 28.7 Å². The van der Waals surface area contributed by atoms with Gasteiger partial charge >= 0.3 is 0 Å². The van der Waals surface area contributed by atoms with Crippen molar-refractivity contribution >= 4 is 21.6 Å². The summed E-state index contributed by atoms with van der Waals surface area (Å²) in [4.78, 5) is 12.8. The van der Waals surface area contributed by atoms with Gasteiger partial charge in [-0.3, -0.25) is 4.79 Å². The molecule has 0 aliphatic heterocycles. The summed E-state index contributed by atoms with van der Waals surface area (Å²) in [6, 6.07) is 17.6. The van der Waals surface area contributed by atoms with Crippen LogP contribution in [0.1, 0.15) is 16.8 Å². The molecule has 0 bridgehead atoms. The van der Waals surface area contributed by atoms with Gasteiger partial charge in [0.15, 0.2) is 0 Å². The third-order valence-electron chi connectivity index (χ3n) is 4.20. The van der Waals surface area contributed by atoms with E-state index in [-0.39, 0.29) is 5.56 Å². The maximum absolute atomic E-state index is 12.8. The number of ether oxygens (including phenoxy) is 1. The Morgan fingerprint density at radius 1 is 1.15 bits per heavy atom. The summed E-state index contributed by atoms with van der Waals surface area (Å²) >= 11 is 3.42. The number of hydrogen-bond donors (Lipinski definition) is 1. The first-order valence-corrected chi connectivity index (χ1v) is 9.54. The standard InChI is InChI=1S/C21H22BrN3O2/c1-15-12-17(13-16-4-3-5-20(14-16)27-2)21(26)25(24-15)11-10-23-19-8-6-18(22)7-9-19/h3-9,12,14,23H,10-11,13H2,1-2H3. The summed E-state index contributed by atoms with van der Waals surface area (Å²) in [7, 11) is 1.64. The Kier molecular flexibility index (Phi) is 6.29. The highest BCUT2D eigenvalue weighted by Gasteiger charge is 2.08. The molecule has 27 heavy (non-hydrogen) atoms. The van der Waals surface area contributed by atoms with Crippen LogP contribution in [0.25, 0.3) is 0 Å². The number of aryl methyl sites for hydroxylation is 1. The quantitative estimate of drug-likeness (QED) is 0.618. The van der Waals surface area contributed by atoms with Gasteiger partial charge < -0.3 is 10.1 Å². The number of nitrogens with zero attached hydrogens (tertiary/aromatic N) is 2. The normalized spacial score (nSPS) is 10.6. The number of anilines is 1. The molecule has 0 saturated carbocycles. The van der Waals surface area contributed by atoms with Crippen LogP contribution in [-0.4, -0.2) is 23.4 Å². The van der Waals surface area contributed by atoms with Crippen LogP contribution in [0.2, 0.25) is 0 Å². The molecule has 1 N–H and O–H groups in total. The van der Waals surface area contributed by atoms with Crippen LogP contribution in [0.4, 0.5) is 5.69 Å². The molecule has 3 aromatic rings. The largest absolute Gasteiger partial charge is 0.497 e. The topological polar surface area (TPSA) is 56.1 Å². The van der Waals surface area contributed by atoms with E-state index < -0.39 is 0 Å². The van der Waals surface area contributed by atoms with Crippen LogP contribution in [0.15, 0.2) is 63.9 Å². The molecule has 0 spiro atoms. The second-order valence-electron chi connectivity index (χ2n) is 6.30. The molecule has 6 heteroatoms. The molecule has 5 nitrogen and oxygen atoms in total. The summed E-state index contributed by atoms with van der Waals surface area (Å²) in [6.45, 7) is 3.03. The summed E-state index contributed by atoms with van der Waals surface area (Å²) in [5.74, 6) is 0.789. The number of hydrogen-bond acceptors (Lipinski definition) is 4. The number of methoxy groups -OCH3 is 1. The molecule has 0 unspecified atom stereocenters. The zero-order chi connectivity index (χ0) is 19.2. The van der Waals surface area contributed by atoms with E-state index in [1.165, 1.54) is 4.68 Å². The molecular formula is C21H22BrN3O2. The number of halogens is 1. The van der Waals surface area contributed by atoms with Gasteiger partial charge in [0.2, 0.25) is 0 Å². The fourth-order valence-corrected chi connectivity index (χ4v) is 3.16. The minimum absolute atomic E-state index is 0.0546. The van der Waals surface area contributed by atoms with Gasteiger partial charge in [0.25, 0.3) is 5.56 Å². The van der Waals surface area contributed by atoms with Gasteiger partial charge in [-0.15, -0.1) is 0 Å². The Balaban J connectivity index is 1.72. The number of rotatable bonds is 7. The first kappa shape index (κ1) is 19.2. The van der Waals surface area contributed by atoms with Gasteiger partial charge in [-0.2, -0.15) is 5.10 Å². The fourth-order valence-electron chi connectivity index (χ4n) is 2.90. The highest BCUT2D eigenvalue weighted by molar-refractivity contribution is 9.10. The molecule has 3 rings (SSSR count). The molecule has 0 fully saturated rings. The second kappa shape index (κ2) is 8.86. The third-order valence-corrected chi connectivity index (χ3v) is 4.73. The van der Waals surface area contributed by atoms with E-state index in [2.05, 4.69) is 26.3 Å². The second-order valence-corrected chi connectivity index (χ2v) is 7.22. The molecule has 140 valence electrons. The van der Waals surface area contributed by atoms with E-state index in [9.17, 15) is 4.79 Å².